The number of benzene rings is 4. The van der Waals surface area contributed by atoms with Crippen LogP contribution in [0, 0.1) is 0 Å². The zero-order valence-corrected chi connectivity index (χ0v) is 28.6. The summed E-state index contributed by atoms with van der Waals surface area (Å²) in [5.41, 5.74) is 7.53. The first kappa shape index (κ1) is 40.3. The van der Waals surface area contributed by atoms with Crippen LogP contribution in [0.15, 0.2) is 94.9 Å². The number of hydrogen-bond acceptors (Lipinski definition) is 8. The van der Waals surface area contributed by atoms with Crippen LogP contribution in [0.25, 0.3) is 22.3 Å². The van der Waals surface area contributed by atoms with E-state index < -0.39 is 11.9 Å². The van der Waals surface area contributed by atoms with Gasteiger partial charge in [-0.25, -0.2) is 0 Å². The zero-order valence-electron chi connectivity index (χ0n) is 27.6. The molecular formula is C38H42CoN2O6. The molecule has 2 N–H and O–H groups in total. The Bertz CT molecular complexity index is 1500. The molecule has 0 aromatic heterocycles. The van der Waals surface area contributed by atoms with E-state index in [0.29, 0.717) is 24.2 Å². The Kier molecular flexibility index (Phi) is 17.5. The van der Waals surface area contributed by atoms with Crippen LogP contribution in [0.4, 0.5) is 0 Å². The first-order valence-corrected chi connectivity index (χ1v) is 15.0. The molecule has 0 aliphatic heterocycles. The Morgan fingerprint density at radius 1 is 0.617 bits per heavy atom. The van der Waals surface area contributed by atoms with Gasteiger partial charge in [0.1, 0.15) is 11.5 Å². The number of hydrogen-bond donors (Lipinski definition) is 2. The summed E-state index contributed by atoms with van der Waals surface area (Å²) < 4.78 is 0. The Morgan fingerprint density at radius 3 is 1.19 bits per heavy atom. The van der Waals surface area contributed by atoms with E-state index in [4.69, 9.17) is 19.8 Å². The predicted octanol–water partition coefficient (Wildman–Crippen LogP) is 5.73. The normalized spacial score (nSPS) is 10.6. The molecule has 0 amide bonds. The third-order valence-corrected chi connectivity index (χ3v) is 6.61. The number of carbonyl (C=O) groups is 2. The molecule has 0 aliphatic carbocycles. The fourth-order valence-corrected chi connectivity index (χ4v) is 4.47. The van der Waals surface area contributed by atoms with E-state index in [0.717, 1.165) is 47.2 Å². The second-order valence-electron chi connectivity index (χ2n) is 11.1. The first-order chi connectivity index (χ1) is 21.8. The van der Waals surface area contributed by atoms with Crippen LogP contribution in [0.5, 0.6) is 11.5 Å². The third kappa shape index (κ3) is 13.7. The molecule has 0 heterocycles. The van der Waals surface area contributed by atoms with E-state index in [2.05, 4.69) is 74.1 Å². The number of nitrogens with zero attached hydrogens (tertiary/aromatic N) is 2. The maximum atomic E-state index is 10.9. The van der Waals surface area contributed by atoms with Gasteiger partial charge < -0.3 is 30.0 Å². The van der Waals surface area contributed by atoms with Crippen LogP contribution in [0.2, 0.25) is 0 Å². The molecule has 0 aliphatic rings. The van der Waals surface area contributed by atoms with Crippen molar-refractivity contribution in [3.8, 4) is 33.8 Å². The monoisotopic (exact) mass is 681 g/mol. The molecule has 249 valence electrons. The molecule has 1 radical (unpaired) electrons. The summed E-state index contributed by atoms with van der Waals surface area (Å²) in [6, 6.07) is 28.4. The summed E-state index contributed by atoms with van der Waals surface area (Å²) in [5.74, 6) is -1.25. The van der Waals surface area contributed by atoms with Gasteiger partial charge in [-0.1, -0.05) is 88.4 Å². The molecule has 9 heteroatoms. The van der Waals surface area contributed by atoms with Crippen molar-refractivity contribution in [3.63, 3.8) is 0 Å². The van der Waals surface area contributed by atoms with Crippen molar-refractivity contribution < 1.29 is 46.8 Å². The number of phenolic OH excluding ortho intramolecular Hbond substituents is 2. The molecule has 4 aromatic rings. The van der Waals surface area contributed by atoms with Gasteiger partial charge >= 0.3 is 16.8 Å². The average molecular weight is 682 g/mol. The largest absolute Gasteiger partial charge is 2.00 e. The quantitative estimate of drug-likeness (QED) is 0.171. The second kappa shape index (κ2) is 20.4. The van der Waals surface area contributed by atoms with Crippen molar-refractivity contribution in [3.05, 3.63) is 107 Å². The average Bonchev–Trinajstić information content (AvgIpc) is 3.00. The van der Waals surface area contributed by atoms with E-state index in [-0.39, 0.29) is 40.1 Å². The molecule has 0 fully saturated rings. The van der Waals surface area contributed by atoms with Crippen molar-refractivity contribution in [2.75, 3.05) is 13.1 Å². The standard InChI is InChI=1S/C34H36N2O2.2C2H4O2.Co/c1-23(2)31-19-27(25-11-7-5-8-12-25)17-29(33(31)37)21-35-15-16-36-22-30-18-28(26-13-9-6-10-14-26)20-32(24(3)4)34(30)38;2*1-2(3)4;/h5-14,17-24,37-38H,15-16H2,1-4H3;2*1H3,(H,3,4);/q;;;+2/p-2. The van der Waals surface area contributed by atoms with Crippen molar-refractivity contribution >= 4 is 24.4 Å². The molecule has 0 bridgehead atoms. The van der Waals surface area contributed by atoms with E-state index >= 15 is 0 Å². The van der Waals surface area contributed by atoms with Crippen molar-refractivity contribution in [1.29, 1.82) is 0 Å². The molecule has 0 unspecified atom stereocenters. The van der Waals surface area contributed by atoms with E-state index in [9.17, 15) is 10.2 Å². The molecule has 4 aromatic carbocycles. The topological polar surface area (TPSA) is 145 Å². The Morgan fingerprint density at radius 2 is 0.915 bits per heavy atom. The minimum atomic E-state index is -1.08. The maximum Gasteiger partial charge on any atom is 2.00 e. The number of phenols is 2. The Hall–Kier alpha value is -4.73. The second-order valence-corrected chi connectivity index (χ2v) is 11.1. The van der Waals surface area contributed by atoms with Gasteiger partial charge in [-0.2, -0.15) is 0 Å². The van der Waals surface area contributed by atoms with Crippen LogP contribution < -0.4 is 10.2 Å². The number of carboxylic acid groups (broad SMARTS) is 2. The van der Waals surface area contributed by atoms with Crippen molar-refractivity contribution in [1.82, 2.24) is 0 Å². The van der Waals surface area contributed by atoms with Crippen LogP contribution >= 0.6 is 0 Å². The Labute approximate surface area is 287 Å². The zero-order chi connectivity index (χ0) is 34.2. The molecular weight excluding hydrogens is 639 g/mol. The molecule has 0 saturated carbocycles. The summed E-state index contributed by atoms with van der Waals surface area (Å²) in [6.45, 7) is 11.2. The van der Waals surface area contributed by atoms with Gasteiger partial charge in [-0.3, -0.25) is 9.98 Å². The van der Waals surface area contributed by atoms with Crippen molar-refractivity contribution in [2.24, 2.45) is 9.98 Å². The number of carboxylic acids is 2. The minimum Gasteiger partial charge on any atom is -0.550 e. The van der Waals surface area contributed by atoms with Gasteiger partial charge in [0.25, 0.3) is 0 Å². The molecule has 4 rings (SSSR count). The van der Waals surface area contributed by atoms with Gasteiger partial charge in [0.05, 0.1) is 13.1 Å². The van der Waals surface area contributed by atoms with Gasteiger partial charge in [0.2, 0.25) is 0 Å². The molecule has 0 spiro atoms. The number of carbonyl (C=O) groups excluding carboxylic acids is 2. The smallest absolute Gasteiger partial charge is 0.550 e. The van der Waals surface area contributed by atoms with Gasteiger partial charge in [0.15, 0.2) is 0 Å². The predicted molar refractivity (Wildman–Crippen MR) is 182 cm³/mol. The van der Waals surface area contributed by atoms with Crippen LogP contribution in [0.1, 0.15) is 75.6 Å². The molecule has 0 saturated heterocycles. The van der Waals surface area contributed by atoms with Gasteiger partial charge in [-0.05, 0) is 83.3 Å². The minimum absolute atomic E-state index is 0. The fourth-order valence-electron chi connectivity index (χ4n) is 4.47. The Balaban J connectivity index is 0.00000110. The maximum absolute atomic E-state index is 10.9. The molecule has 8 nitrogen and oxygen atoms in total. The summed E-state index contributed by atoms with van der Waals surface area (Å²) >= 11 is 0. The van der Waals surface area contributed by atoms with E-state index in [1.54, 1.807) is 12.4 Å². The van der Waals surface area contributed by atoms with Crippen LogP contribution in [0.3, 0.4) is 0 Å². The van der Waals surface area contributed by atoms with Gasteiger partial charge in [-0.15, -0.1) is 0 Å². The number of aromatic hydroxyl groups is 2. The summed E-state index contributed by atoms with van der Waals surface area (Å²) in [4.78, 5) is 26.9. The summed E-state index contributed by atoms with van der Waals surface area (Å²) in [5, 5.41) is 39.5. The van der Waals surface area contributed by atoms with Gasteiger partial charge in [0, 0.05) is 35.5 Å². The first-order valence-electron chi connectivity index (χ1n) is 15.0. The van der Waals surface area contributed by atoms with E-state index in [1.807, 2.05) is 48.5 Å². The number of rotatable bonds is 9. The molecule has 0 atom stereocenters. The van der Waals surface area contributed by atoms with Crippen molar-refractivity contribution in [2.45, 2.75) is 53.4 Å². The molecule has 47 heavy (non-hydrogen) atoms. The SMILES string of the molecule is CC(=O)[O-].CC(=O)[O-].CC(C)c1cc(-c2ccccc2)cc(C=NCCN=Cc2cc(-c3ccccc3)cc(C(C)C)c2O)c1O.[Co+2]. The van der Waals surface area contributed by atoms with E-state index in [1.165, 1.54) is 0 Å². The third-order valence-electron chi connectivity index (χ3n) is 6.61. The summed E-state index contributed by atoms with van der Waals surface area (Å²) in [6.07, 6.45) is 3.46. The van der Waals surface area contributed by atoms with Crippen LogP contribution in [-0.2, 0) is 26.4 Å². The summed E-state index contributed by atoms with van der Waals surface area (Å²) in [7, 11) is 0. The number of aliphatic imine (C=N–C) groups is 2. The van der Waals surface area contributed by atoms with Crippen LogP contribution in [-0.4, -0.2) is 47.7 Å². The fraction of sp³-hybridized carbons (Fsp3) is 0.263. The number of aliphatic carboxylic acids is 2.